The van der Waals surface area contributed by atoms with Crippen molar-refractivity contribution in [3.8, 4) is 0 Å². The van der Waals surface area contributed by atoms with Gasteiger partial charge in [0.2, 0.25) is 0 Å². The summed E-state index contributed by atoms with van der Waals surface area (Å²) in [5.41, 5.74) is 2.70. The molecule has 0 N–H and O–H groups in total. The summed E-state index contributed by atoms with van der Waals surface area (Å²) in [5, 5.41) is 0. The second kappa shape index (κ2) is 12.6. The van der Waals surface area contributed by atoms with Crippen LogP contribution in [0.5, 0.6) is 0 Å². The number of unbranched alkanes of at least 4 members (excludes halogenated alkanes) is 3. The fraction of sp³-hybridized carbons (Fsp3) is 0.619. The number of nitrogens with zero attached hydrogens (tertiary/aromatic N) is 1. The molecular formula is C21H36ClN. The molecule has 0 saturated carbocycles. The van der Waals surface area contributed by atoms with Crippen LogP contribution in [0.3, 0.4) is 0 Å². The standard InChI is InChI=1S/C21H36N.ClH/c1-5-9-16-22(17-10-6-2,18-11-7-3)19-21-14-12-20(8-4)13-15-21;/h8,12-15H,4-7,9-11,16-19H2,1-3H3;1H/q+1;/p-1. The lowest BCUT2D eigenvalue weighted by Crippen LogP contribution is -3.00. The van der Waals surface area contributed by atoms with Crippen LogP contribution in [0.1, 0.15) is 70.4 Å². The van der Waals surface area contributed by atoms with Gasteiger partial charge in [0, 0.05) is 5.56 Å². The maximum absolute atomic E-state index is 3.85. The smallest absolute Gasteiger partial charge is 0.104 e. The molecule has 23 heavy (non-hydrogen) atoms. The average Bonchev–Trinajstić information content (AvgIpc) is 2.56. The van der Waals surface area contributed by atoms with Crippen LogP contribution >= 0.6 is 0 Å². The molecule has 0 aliphatic carbocycles. The van der Waals surface area contributed by atoms with Gasteiger partial charge in [0.05, 0.1) is 19.6 Å². The van der Waals surface area contributed by atoms with Crippen molar-refractivity contribution in [2.75, 3.05) is 19.6 Å². The number of rotatable bonds is 12. The highest BCUT2D eigenvalue weighted by molar-refractivity contribution is 5.47. The fourth-order valence-corrected chi connectivity index (χ4v) is 3.20. The first-order chi connectivity index (χ1) is 10.7. The zero-order chi connectivity index (χ0) is 16.3. The largest absolute Gasteiger partial charge is 1.00 e. The van der Waals surface area contributed by atoms with Crippen molar-refractivity contribution >= 4 is 6.08 Å². The number of hydrogen-bond acceptors (Lipinski definition) is 0. The Kier molecular flexibility index (Phi) is 12.2. The van der Waals surface area contributed by atoms with Crippen molar-refractivity contribution in [1.82, 2.24) is 0 Å². The number of halogens is 1. The normalized spacial score (nSPS) is 11.1. The van der Waals surface area contributed by atoms with Crippen molar-refractivity contribution < 1.29 is 16.9 Å². The molecule has 0 heterocycles. The Bertz CT molecular complexity index is 389. The molecule has 0 saturated heterocycles. The second-order valence-corrected chi connectivity index (χ2v) is 6.68. The zero-order valence-corrected chi connectivity index (χ0v) is 16.2. The summed E-state index contributed by atoms with van der Waals surface area (Å²) in [6, 6.07) is 9.01. The molecule has 0 radical (unpaired) electrons. The lowest BCUT2D eigenvalue weighted by Gasteiger charge is -2.39. The van der Waals surface area contributed by atoms with Gasteiger partial charge in [0.1, 0.15) is 6.54 Å². The van der Waals surface area contributed by atoms with Gasteiger partial charge in [-0.1, -0.05) is 77.0 Å². The Balaban J connectivity index is 0.00000484. The molecular weight excluding hydrogens is 302 g/mol. The summed E-state index contributed by atoms with van der Waals surface area (Å²) >= 11 is 0. The summed E-state index contributed by atoms with van der Waals surface area (Å²) in [6.45, 7) is 16.0. The van der Waals surface area contributed by atoms with Crippen LogP contribution in [0.15, 0.2) is 30.8 Å². The van der Waals surface area contributed by atoms with Gasteiger partial charge in [-0.05, 0) is 24.8 Å². The van der Waals surface area contributed by atoms with Gasteiger partial charge in [0.25, 0.3) is 0 Å². The topological polar surface area (TPSA) is 0 Å². The molecule has 132 valence electrons. The summed E-state index contributed by atoms with van der Waals surface area (Å²) in [7, 11) is 0. The molecule has 1 rings (SSSR count). The van der Waals surface area contributed by atoms with Gasteiger partial charge < -0.3 is 16.9 Å². The third-order valence-electron chi connectivity index (χ3n) is 4.69. The average molecular weight is 338 g/mol. The van der Waals surface area contributed by atoms with Gasteiger partial charge in [0.15, 0.2) is 0 Å². The molecule has 0 bridgehead atoms. The van der Waals surface area contributed by atoms with E-state index in [4.69, 9.17) is 0 Å². The summed E-state index contributed by atoms with van der Waals surface area (Å²) in [5.74, 6) is 0. The molecule has 0 amide bonds. The van der Waals surface area contributed by atoms with Gasteiger partial charge in [-0.2, -0.15) is 0 Å². The van der Waals surface area contributed by atoms with E-state index in [1.807, 2.05) is 6.08 Å². The Hall–Kier alpha value is -0.790. The van der Waals surface area contributed by atoms with E-state index in [0.29, 0.717) is 0 Å². The minimum absolute atomic E-state index is 0. The quantitative estimate of drug-likeness (QED) is 0.514. The van der Waals surface area contributed by atoms with Crippen LogP contribution in [0.25, 0.3) is 6.08 Å². The molecule has 0 fully saturated rings. The van der Waals surface area contributed by atoms with Crippen LogP contribution < -0.4 is 12.4 Å². The Morgan fingerprint density at radius 3 is 1.61 bits per heavy atom. The summed E-state index contributed by atoms with van der Waals surface area (Å²) in [4.78, 5) is 0. The van der Waals surface area contributed by atoms with Crippen LogP contribution in [-0.4, -0.2) is 24.1 Å². The van der Waals surface area contributed by atoms with E-state index in [2.05, 4.69) is 51.6 Å². The van der Waals surface area contributed by atoms with E-state index in [1.54, 1.807) is 0 Å². The third kappa shape index (κ3) is 8.04. The van der Waals surface area contributed by atoms with Crippen LogP contribution in [-0.2, 0) is 6.54 Å². The number of benzene rings is 1. The van der Waals surface area contributed by atoms with E-state index in [1.165, 1.54) is 80.3 Å². The molecule has 0 spiro atoms. The van der Waals surface area contributed by atoms with Crippen molar-refractivity contribution in [3.63, 3.8) is 0 Å². The minimum atomic E-state index is 0. The molecule has 1 aromatic rings. The molecule has 2 heteroatoms. The van der Waals surface area contributed by atoms with Crippen LogP contribution in [0.4, 0.5) is 0 Å². The number of hydrogen-bond donors (Lipinski definition) is 0. The van der Waals surface area contributed by atoms with Gasteiger partial charge in [-0.25, -0.2) is 0 Å². The molecule has 0 unspecified atom stereocenters. The van der Waals surface area contributed by atoms with Crippen LogP contribution in [0, 0.1) is 0 Å². The van der Waals surface area contributed by atoms with Crippen LogP contribution in [0.2, 0.25) is 0 Å². The Morgan fingerprint density at radius 1 is 0.826 bits per heavy atom. The molecule has 1 aromatic carbocycles. The van der Waals surface area contributed by atoms with Crippen molar-refractivity contribution in [3.05, 3.63) is 42.0 Å². The van der Waals surface area contributed by atoms with Crippen molar-refractivity contribution in [2.24, 2.45) is 0 Å². The maximum atomic E-state index is 3.85. The van der Waals surface area contributed by atoms with E-state index in [0.717, 1.165) is 0 Å². The molecule has 1 nitrogen and oxygen atoms in total. The highest BCUT2D eigenvalue weighted by Gasteiger charge is 2.26. The second-order valence-electron chi connectivity index (χ2n) is 6.68. The lowest BCUT2D eigenvalue weighted by atomic mass is 10.1. The van der Waals surface area contributed by atoms with E-state index < -0.39 is 0 Å². The van der Waals surface area contributed by atoms with Crippen molar-refractivity contribution in [1.29, 1.82) is 0 Å². The number of quaternary nitrogens is 1. The predicted octanol–water partition coefficient (Wildman–Crippen LogP) is 3.05. The molecule has 0 aliphatic rings. The summed E-state index contributed by atoms with van der Waals surface area (Å²) in [6.07, 6.45) is 9.86. The predicted molar refractivity (Wildman–Crippen MR) is 99.8 cm³/mol. The van der Waals surface area contributed by atoms with Gasteiger partial charge >= 0.3 is 0 Å². The van der Waals surface area contributed by atoms with Crippen molar-refractivity contribution in [2.45, 2.75) is 65.8 Å². The maximum Gasteiger partial charge on any atom is 0.104 e. The first-order valence-corrected chi connectivity index (χ1v) is 9.26. The Labute approximate surface area is 150 Å². The fourth-order valence-electron chi connectivity index (χ4n) is 3.20. The minimum Gasteiger partial charge on any atom is -1.00 e. The highest BCUT2D eigenvalue weighted by Crippen LogP contribution is 2.20. The summed E-state index contributed by atoms with van der Waals surface area (Å²) < 4.78 is 1.28. The zero-order valence-electron chi connectivity index (χ0n) is 15.5. The Morgan fingerprint density at radius 2 is 1.26 bits per heavy atom. The van der Waals surface area contributed by atoms with Gasteiger partial charge in [-0.3, -0.25) is 0 Å². The lowest BCUT2D eigenvalue weighted by molar-refractivity contribution is -0.941. The van der Waals surface area contributed by atoms with E-state index >= 15 is 0 Å². The molecule has 0 aromatic heterocycles. The third-order valence-corrected chi connectivity index (χ3v) is 4.69. The first kappa shape index (κ1) is 22.2. The van der Waals surface area contributed by atoms with E-state index in [-0.39, 0.29) is 12.4 Å². The van der Waals surface area contributed by atoms with Gasteiger partial charge in [-0.15, -0.1) is 0 Å². The molecule has 0 atom stereocenters. The monoisotopic (exact) mass is 337 g/mol. The first-order valence-electron chi connectivity index (χ1n) is 9.26. The molecule has 0 aliphatic heterocycles. The van der Waals surface area contributed by atoms with E-state index in [9.17, 15) is 0 Å². The SMILES string of the molecule is C=Cc1ccc(C[N+](CCCC)(CCCC)CCCC)cc1.[Cl-]. The highest BCUT2D eigenvalue weighted by atomic mass is 35.5.